The molecule has 4 rings (SSSR count). The van der Waals surface area contributed by atoms with Crippen molar-refractivity contribution in [1.82, 2.24) is 9.88 Å². The van der Waals surface area contributed by atoms with Crippen LogP contribution in [-0.4, -0.2) is 52.4 Å². The van der Waals surface area contributed by atoms with Crippen LogP contribution in [0.3, 0.4) is 0 Å². The molecule has 1 atom stereocenters. The standard InChI is InChI=1S/C18H23N3O3S/c19-16(22)15-10-25-8-7-21(15)18(23)14-6-5-13(12-3-4-12)17(20-14)24-9-11-1-2-11/h5-6,11-12,15H,1-4,7-10H2,(H2,19,22). The van der Waals surface area contributed by atoms with Crippen molar-refractivity contribution < 1.29 is 14.3 Å². The number of pyridine rings is 1. The van der Waals surface area contributed by atoms with E-state index >= 15 is 0 Å². The number of amides is 2. The van der Waals surface area contributed by atoms with Gasteiger partial charge in [-0.1, -0.05) is 6.07 Å². The quantitative estimate of drug-likeness (QED) is 0.835. The summed E-state index contributed by atoms with van der Waals surface area (Å²) in [5.74, 6) is 2.40. The van der Waals surface area contributed by atoms with E-state index < -0.39 is 11.9 Å². The first-order valence-electron chi connectivity index (χ1n) is 8.95. The summed E-state index contributed by atoms with van der Waals surface area (Å²) < 4.78 is 5.94. The number of rotatable bonds is 6. The zero-order valence-electron chi connectivity index (χ0n) is 14.1. The molecule has 1 saturated heterocycles. The maximum absolute atomic E-state index is 12.9. The van der Waals surface area contributed by atoms with Crippen LogP contribution < -0.4 is 10.5 Å². The first-order valence-corrected chi connectivity index (χ1v) is 10.1. The number of nitrogens with zero attached hydrogens (tertiary/aromatic N) is 2. The molecule has 7 heteroatoms. The third-order valence-corrected chi connectivity index (χ3v) is 6.02. The van der Waals surface area contributed by atoms with Gasteiger partial charge < -0.3 is 15.4 Å². The van der Waals surface area contributed by atoms with Crippen molar-refractivity contribution in [1.29, 1.82) is 0 Å². The average Bonchev–Trinajstić information content (AvgIpc) is 3.53. The van der Waals surface area contributed by atoms with E-state index in [2.05, 4.69) is 4.98 Å². The largest absolute Gasteiger partial charge is 0.477 e. The highest BCUT2D eigenvalue weighted by Crippen LogP contribution is 2.44. The molecule has 2 heterocycles. The Bertz CT molecular complexity index is 688. The van der Waals surface area contributed by atoms with Crippen LogP contribution in [0.25, 0.3) is 0 Å². The van der Waals surface area contributed by atoms with E-state index in [0.717, 1.165) is 24.2 Å². The minimum absolute atomic E-state index is 0.234. The van der Waals surface area contributed by atoms with Gasteiger partial charge in [0.2, 0.25) is 11.8 Å². The Morgan fingerprint density at radius 3 is 2.76 bits per heavy atom. The fourth-order valence-corrected chi connectivity index (χ4v) is 4.16. The first-order chi connectivity index (χ1) is 12.1. The van der Waals surface area contributed by atoms with Gasteiger partial charge in [-0.3, -0.25) is 9.59 Å². The van der Waals surface area contributed by atoms with E-state index in [0.29, 0.717) is 42.3 Å². The predicted octanol–water partition coefficient (Wildman–Crippen LogP) is 1.79. The zero-order valence-corrected chi connectivity index (χ0v) is 15.0. The summed E-state index contributed by atoms with van der Waals surface area (Å²) in [4.78, 5) is 30.7. The van der Waals surface area contributed by atoms with Gasteiger partial charge in [0.15, 0.2) is 0 Å². The number of hydrogen-bond donors (Lipinski definition) is 1. The van der Waals surface area contributed by atoms with E-state index in [9.17, 15) is 9.59 Å². The molecular weight excluding hydrogens is 338 g/mol. The minimum Gasteiger partial charge on any atom is -0.477 e. The molecule has 1 aliphatic heterocycles. The third-order valence-electron chi connectivity index (χ3n) is 5.00. The molecule has 0 aromatic carbocycles. The van der Waals surface area contributed by atoms with Crippen LogP contribution in [0.1, 0.15) is 47.7 Å². The molecule has 1 aromatic heterocycles. The molecule has 2 aliphatic carbocycles. The van der Waals surface area contributed by atoms with Gasteiger partial charge in [0.05, 0.1) is 6.61 Å². The third kappa shape index (κ3) is 3.76. The van der Waals surface area contributed by atoms with Crippen LogP contribution in [0.15, 0.2) is 12.1 Å². The van der Waals surface area contributed by atoms with Gasteiger partial charge in [0, 0.05) is 23.6 Å². The second-order valence-electron chi connectivity index (χ2n) is 7.11. The molecule has 0 spiro atoms. The Morgan fingerprint density at radius 1 is 1.28 bits per heavy atom. The van der Waals surface area contributed by atoms with Crippen LogP contribution in [0.2, 0.25) is 0 Å². The van der Waals surface area contributed by atoms with Crippen molar-refractivity contribution in [3.8, 4) is 5.88 Å². The highest BCUT2D eigenvalue weighted by atomic mass is 32.2. The molecule has 3 fully saturated rings. The van der Waals surface area contributed by atoms with Crippen LogP contribution >= 0.6 is 11.8 Å². The van der Waals surface area contributed by atoms with E-state index in [-0.39, 0.29) is 5.91 Å². The Morgan fingerprint density at radius 2 is 2.08 bits per heavy atom. The van der Waals surface area contributed by atoms with Gasteiger partial charge in [-0.2, -0.15) is 11.8 Å². The molecule has 2 saturated carbocycles. The van der Waals surface area contributed by atoms with E-state index in [1.165, 1.54) is 12.8 Å². The molecule has 2 N–H and O–H groups in total. The highest BCUT2D eigenvalue weighted by Gasteiger charge is 2.34. The van der Waals surface area contributed by atoms with E-state index in [1.54, 1.807) is 22.7 Å². The Hall–Kier alpha value is -1.76. The zero-order chi connectivity index (χ0) is 17.4. The summed E-state index contributed by atoms with van der Waals surface area (Å²) in [5, 5.41) is 0. The van der Waals surface area contributed by atoms with Gasteiger partial charge in [0.1, 0.15) is 11.7 Å². The number of thioether (sulfide) groups is 1. The molecular formula is C18H23N3O3S. The van der Waals surface area contributed by atoms with Crippen LogP contribution in [0, 0.1) is 5.92 Å². The lowest BCUT2D eigenvalue weighted by Crippen LogP contribution is -2.52. The number of ether oxygens (including phenoxy) is 1. The lowest BCUT2D eigenvalue weighted by Gasteiger charge is -2.33. The highest BCUT2D eigenvalue weighted by molar-refractivity contribution is 7.99. The minimum atomic E-state index is -0.563. The van der Waals surface area contributed by atoms with Gasteiger partial charge in [-0.25, -0.2) is 4.98 Å². The summed E-state index contributed by atoms with van der Waals surface area (Å²) in [6, 6.07) is 3.17. The summed E-state index contributed by atoms with van der Waals surface area (Å²) in [6.07, 6.45) is 4.73. The maximum Gasteiger partial charge on any atom is 0.273 e. The molecule has 6 nitrogen and oxygen atoms in total. The van der Waals surface area contributed by atoms with E-state index in [1.807, 2.05) is 6.07 Å². The molecule has 3 aliphatic rings. The molecule has 1 unspecified atom stereocenters. The Kier molecular flexibility index (Phi) is 4.58. The molecule has 0 bridgehead atoms. The SMILES string of the molecule is NC(=O)C1CSCCN1C(=O)c1ccc(C2CC2)c(OCC2CC2)n1. The topological polar surface area (TPSA) is 85.5 Å². The van der Waals surface area contributed by atoms with Gasteiger partial charge in [0.25, 0.3) is 5.91 Å². The number of nitrogens with two attached hydrogens (primary N) is 1. The maximum atomic E-state index is 12.9. The van der Waals surface area contributed by atoms with Crippen LogP contribution in [-0.2, 0) is 4.79 Å². The monoisotopic (exact) mass is 361 g/mol. The summed E-state index contributed by atoms with van der Waals surface area (Å²) in [6.45, 7) is 1.19. The second kappa shape index (κ2) is 6.86. The lowest BCUT2D eigenvalue weighted by atomic mass is 10.1. The van der Waals surface area contributed by atoms with Crippen molar-refractivity contribution in [3.63, 3.8) is 0 Å². The molecule has 1 aromatic rings. The number of primary amides is 1. The van der Waals surface area contributed by atoms with E-state index in [4.69, 9.17) is 10.5 Å². The number of hydrogen-bond acceptors (Lipinski definition) is 5. The van der Waals surface area contributed by atoms with Crippen molar-refractivity contribution in [3.05, 3.63) is 23.4 Å². The smallest absolute Gasteiger partial charge is 0.273 e. The summed E-state index contributed by atoms with van der Waals surface area (Å²) in [5.41, 5.74) is 6.92. The second-order valence-corrected chi connectivity index (χ2v) is 8.26. The normalized spacial score (nSPS) is 23.4. The average molecular weight is 361 g/mol. The van der Waals surface area contributed by atoms with Crippen molar-refractivity contribution >= 4 is 23.6 Å². The number of carbonyl (C=O) groups is 2. The van der Waals surface area contributed by atoms with Gasteiger partial charge in [-0.15, -0.1) is 0 Å². The van der Waals surface area contributed by atoms with Crippen molar-refractivity contribution in [2.24, 2.45) is 11.7 Å². The van der Waals surface area contributed by atoms with Gasteiger partial charge in [-0.05, 0) is 43.6 Å². The van der Waals surface area contributed by atoms with Crippen molar-refractivity contribution in [2.45, 2.75) is 37.6 Å². The molecule has 25 heavy (non-hydrogen) atoms. The van der Waals surface area contributed by atoms with Crippen LogP contribution in [0.5, 0.6) is 5.88 Å². The number of carbonyl (C=O) groups excluding carboxylic acids is 2. The predicted molar refractivity (Wildman–Crippen MR) is 95.8 cm³/mol. The lowest BCUT2D eigenvalue weighted by molar-refractivity contribution is -0.121. The number of aromatic nitrogens is 1. The van der Waals surface area contributed by atoms with Gasteiger partial charge >= 0.3 is 0 Å². The Labute approximate surface area is 151 Å². The first kappa shape index (κ1) is 16.7. The Balaban J connectivity index is 1.56. The summed E-state index contributed by atoms with van der Waals surface area (Å²) >= 11 is 1.64. The summed E-state index contributed by atoms with van der Waals surface area (Å²) in [7, 11) is 0. The molecule has 134 valence electrons. The molecule has 2 amide bonds. The fourth-order valence-electron chi connectivity index (χ4n) is 3.10. The molecule has 0 radical (unpaired) electrons. The fraction of sp³-hybridized carbons (Fsp3) is 0.611. The van der Waals surface area contributed by atoms with Crippen molar-refractivity contribution in [2.75, 3.05) is 24.7 Å². The van der Waals surface area contributed by atoms with Crippen LogP contribution in [0.4, 0.5) is 0 Å².